The molecular formula is C16H22BrClN4O2. The van der Waals surface area contributed by atoms with Gasteiger partial charge in [-0.05, 0) is 31.7 Å². The van der Waals surface area contributed by atoms with E-state index in [1.54, 1.807) is 12.1 Å². The highest BCUT2D eigenvalue weighted by atomic mass is 79.9. The molecular weight excluding hydrogens is 396 g/mol. The van der Waals surface area contributed by atoms with E-state index in [4.69, 9.17) is 0 Å². The first-order chi connectivity index (χ1) is 11.0. The van der Waals surface area contributed by atoms with Gasteiger partial charge in [0, 0.05) is 30.0 Å². The van der Waals surface area contributed by atoms with Crippen LogP contribution in [0.1, 0.15) is 20.3 Å². The fraction of sp³-hybridized carbons (Fsp3) is 0.438. The first-order valence-corrected chi connectivity index (χ1v) is 8.45. The van der Waals surface area contributed by atoms with Crippen LogP contribution in [-0.4, -0.2) is 34.6 Å². The Morgan fingerprint density at radius 3 is 2.88 bits per heavy atom. The monoisotopic (exact) mass is 416 g/mol. The number of carbonyl (C=O) groups is 1. The molecule has 0 spiro atoms. The van der Waals surface area contributed by atoms with E-state index in [2.05, 4.69) is 31.5 Å². The third-order valence-corrected chi connectivity index (χ3v) is 4.02. The van der Waals surface area contributed by atoms with E-state index in [-0.39, 0.29) is 36.3 Å². The van der Waals surface area contributed by atoms with Crippen molar-refractivity contribution in [3.8, 4) is 0 Å². The van der Waals surface area contributed by atoms with Crippen LogP contribution in [0.5, 0.6) is 0 Å². The predicted molar refractivity (Wildman–Crippen MR) is 102 cm³/mol. The van der Waals surface area contributed by atoms with Gasteiger partial charge in [-0.15, -0.1) is 12.4 Å². The topological polar surface area (TPSA) is 76.0 Å². The van der Waals surface area contributed by atoms with Crippen molar-refractivity contribution in [2.24, 2.45) is 0 Å². The number of nitrogens with zero attached hydrogens (tertiary/aromatic N) is 2. The highest BCUT2D eigenvalue weighted by Crippen LogP contribution is 2.14. The molecule has 1 aromatic carbocycles. The summed E-state index contributed by atoms with van der Waals surface area (Å²) in [6.07, 6.45) is 1.74. The number of benzene rings is 1. The van der Waals surface area contributed by atoms with E-state index in [0.29, 0.717) is 24.0 Å². The zero-order valence-electron chi connectivity index (χ0n) is 13.7. The molecule has 0 unspecified atom stereocenters. The van der Waals surface area contributed by atoms with Gasteiger partial charge in [-0.2, -0.15) is 0 Å². The molecule has 2 rings (SSSR count). The van der Waals surface area contributed by atoms with Crippen LogP contribution in [0.15, 0.2) is 33.8 Å². The van der Waals surface area contributed by atoms with Crippen molar-refractivity contribution in [3.05, 3.63) is 39.4 Å². The molecule has 0 aliphatic rings. The van der Waals surface area contributed by atoms with Gasteiger partial charge in [-0.25, -0.2) is 4.98 Å². The van der Waals surface area contributed by atoms with Crippen LogP contribution in [0.25, 0.3) is 10.9 Å². The Labute approximate surface area is 155 Å². The zero-order chi connectivity index (χ0) is 16.8. The van der Waals surface area contributed by atoms with Crippen LogP contribution in [-0.2, 0) is 11.3 Å². The van der Waals surface area contributed by atoms with E-state index in [1.165, 1.54) is 10.9 Å². The number of rotatable bonds is 7. The molecule has 1 atom stereocenters. The molecule has 2 N–H and O–H groups in total. The molecule has 2 aromatic rings. The van der Waals surface area contributed by atoms with Gasteiger partial charge < -0.3 is 10.6 Å². The van der Waals surface area contributed by atoms with Gasteiger partial charge in [0.25, 0.3) is 5.56 Å². The largest absolute Gasteiger partial charge is 0.354 e. The summed E-state index contributed by atoms with van der Waals surface area (Å²) in [6, 6.07) is 5.61. The lowest BCUT2D eigenvalue weighted by atomic mass is 10.2. The summed E-state index contributed by atoms with van der Waals surface area (Å²) in [4.78, 5) is 28.5. The van der Waals surface area contributed by atoms with E-state index >= 15 is 0 Å². The zero-order valence-corrected chi connectivity index (χ0v) is 16.1. The van der Waals surface area contributed by atoms with Crippen molar-refractivity contribution in [3.63, 3.8) is 0 Å². The molecule has 1 heterocycles. The maximum atomic E-state index is 12.4. The molecule has 6 nitrogen and oxygen atoms in total. The van der Waals surface area contributed by atoms with E-state index in [1.807, 2.05) is 19.9 Å². The van der Waals surface area contributed by atoms with Crippen molar-refractivity contribution in [1.82, 2.24) is 20.2 Å². The molecule has 0 aliphatic carbocycles. The molecule has 0 bridgehead atoms. The summed E-state index contributed by atoms with van der Waals surface area (Å²) in [5.41, 5.74) is 0.517. The quantitative estimate of drug-likeness (QED) is 0.723. The Morgan fingerprint density at radius 2 is 2.17 bits per heavy atom. The first kappa shape index (κ1) is 20.6. The maximum absolute atomic E-state index is 12.4. The van der Waals surface area contributed by atoms with Gasteiger partial charge in [0.05, 0.1) is 17.2 Å². The van der Waals surface area contributed by atoms with Gasteiger partial charge in [0.1, 0.15) is 0 Å². The Morgan fingerprint density at radius 1 is 1.42 bits per heavy atom. The fourth-order valence-corrected chi connectivity index (χ4v) is 2.65. The highest BCUT2D eigenvalue weighted by molar-refractivity contribution is 9.10. The Kier molecular flexibility index (Phi) is 8.38. The minimum Gasteiger partial charge on any atom is -0.354 e. The smallest absolute Gasteiger partial charge is 0.261 e. The number of hydrogen-bond donors (Lipinski definition) is 2. The SMILES string of the molecule is CCN[C@H](C)CNC(=O)CCn1cnc2ccc(Br)cc2c1=O.Cl. The summed E-state index contributed by atoms with van der Waals surface area (Å²) >= 11 is 3.35. The second kappa shape index (κ2) is 9.76. The maximum Gasteiger partial charge on any atom is 0.261 e. The first-order valence-electron chi connectivity index (χ1n) is 7.66. The molecule has 132 valence electrons. The van der Waals surface area contributed by atoms with Gasteiger partial charge in [0.15, 0.2) is 0 Å². The Bertz CT molecular complexity index is 750. The van der Waals surface area contributed by atoms with Crippen LogP contribution in [0.4, 0.5) is 0 Å². The standard InChI is InChI=1S/C16H21BrN4O2.ClH/c1-3-18-11(2)9-19-15(22)6-7-21-10-20-14-5-4-12(17)8-13(14)16(21)23;/h4-5,8,10-11,18H,3,6-7,9H2,1-2H3,(H,19,22);1H/t11-;/m1./s1. The van der Waals surface area contributed by atoms with Crippen molar-refractivity contribution < 1.29 is 4.79 Å². The number of aromatic nitrogens is 2. The number of hydrogen-bond acceptors (Lipinski definition) is 4. The molecule has 0 saturated heterocycles. The average molecular weight is 418 g/mol. The van der Waals surface area contributed by atoms with Crippen molar-refractivity contribution in [2.75, 3.05) is 13.1 Å². The normalized spacial score (nSPS) is 11.8. The Balaban J connectivity index is 0.00000288. The predicted octanol–water partition coefficient (Wildman–Crippen LogP) is 2.09. The molecule has 0 fully saturated rings. The number of halogens is 2. The van der Waals surface area contributed by atoms with Gasteiger partial charge in [0.2, 0.25) is 5.91 Å². The molecule has 8 heteroatoms. The van der Waals surface area contributed by atoms with Crippen LogP contribution < -0.4 is 16.2 Å². The van der Waals surface area contributed by atoms with Gasteiger partial charge in [-0.3, -0.25) is 14.2 Å². The summed E-state index contributed by atoms with van der Waals surface area (Å²) < 4.78 is 2.30. The second-order valence-electron chi connectivity index (χ2n) is 5.42. The lowest BCUT2D eigenvalue weighted by Gasteiger charge is -2.13. The molecule has 0 saturated carbocycles. The summed E-state index contributed by atoms with van der Waals surface area (Å²) in [5, 5.41) is 6.63. The number of fused-ring (bicyclic) bond motifs is 1. The third-order valence-electron chi connectivity index (χ3n) is 3.52. The van der Waals surface area contributed by atoms with E-state index in [0.717, 1.165) is 11.0 Å². The van der Waals surface area contributed by atoms with E-state index < -0.39 is 0 Å². The number of amides is 1. The summed E-state index contributed by atoms with van der Waals surface area (Å²) in [7, 11) is 0. The number of aryl methyl sites for hydroxylation is 1. The van der Waals surface area contributed by atoms with Gasteiger partial charge in [-0.1, -0.05) is 22.9 Å². The van der Waals surface area contributed by atoms with Crippen molar-refractivity contribution >= 4 is 45.1 Å². The molecule has 0 radical (unpaired) electrons. The molecule has 1 amide bonds. The third kappa shape index (κ3) is 5.58. The minimum absolute atomic E-state index is 0. The summed E-state index contributed by atoms with van der Waals surface area (Å²) in [5.74, 6) is -0.0732. The summed E-state index contributed by atoms with van der Waals surface area (Å²) in [6.45, 7) is 5.79. The Hall–Kier alpha value is -1.44. The van der Waals surface area contributed by atoms with Crippen molar-refractivity contribution in [2.45, 2.75) is 32.9 Å². The van der Waals surface area contributed by atoms with Gasteiger partial charge >= 0.3 is 0 Å². The average Bonchev–Trinajstić information content (AvgIpc) is 2.53. The molecule has 1 aromatic heterocycles. The van der Waals surface area contributed by atoms with Crippen LogP contribution >= 0.6 is 28.3 Å². The highest BCUT2D eigenvalue weighted by Gasteiger charge is 2.08. The minimum atomic E-state index is -0.134. The number of likely N-dealkylation sites (N-methyl/N-ethyl adjacent to an activating group) is 1. The lowest BCUT2D eigenvalue weighted by molar-refractivity contribution is -0.121. The fourth-order valence-electron chi connectivity index (χ4n) is 2.29. The second-order valence-corrected chi connectivity index (χ2v) is 6.33. The van der Waals surface area contributed by atoms with E-state index in [9.17, 15) is 9.59 Å². The van der Waals surface area contributed by atoms with Crippen molar-refractivity contribution in [1.29, 1.82) is 0 Å². The van der Waals surface area contributed by atoms with Crippen LogP contribution in [0.2, 0.25) is 0 Å². The molecule has 0 aliphatic heterocycles. The van der Waals surface area contributed by atoms with Crippen LogP contribution in [0.3, 0.4) is 0 Å². The number of carbonyl (C=O) groups excluding carboxylic acids is 1. The number of nitrogens with one attached hydrogen (secondary N) is 2. The molecule has 24 heavy (non-hydrogen) atoms. The lowest BCUT2D eigenvalue weighted by Crippen LogP contribution is -2.39. The van der Waals surface area contributed by atoms with Crippen LogP contribution in [0, 0.1) is 0 Å².